The van der Waals surface area contributed by atoms with Gasteiger partial charge < -0.3 is 10.8 Å². The number of hydrogen-bond donors (Lipinski definition) is 3. The lowest BCUT2D eigenvalue weighted by molar-refractivity contribution is -0.146. The molecule has 0 aromatic heterocycles. The molecule has 0 radical (unpaired) electrons. The Morgan fingerprint density at radius 3 is 2.10 bits per heavy atom. The van der Waals surface area contributed by atoms with Gasteiger partial charge in [-0.25, -0.2) is 0 Å². The molecular formula is C6H10N2O2. The van der Waals surface area contributed by atoms with Crippen LogP contribution in [0.4, 0.5) is 0 Å². The van der Waals surface area contributed by atoms with Gasteiger partial charge in [0.15, 0.2) is 0 Å². The molecule has 4 N–H and O–H groups in total. The van der Waals surface area contributed by atoms with Gasteiger partial charge in [0.25, 0.3) is 0 Å². The molecule has 0 amide bonds. The largest absolute Gasteiger partial charge is 0.481 e. The summed E-state index contributed by atoms with van der Waals surface area (Å²) >= 11 is 0. The van der Waals surface area contributed by atoms with Crippen LogP contribution in [0.15, 0.2) is 0 Å². The van der Waals surface area contributed by atoms with Crippen molar-refractivity contribution in [1.29, 1.82) is 5.41 Å². The van der Waals surface area contributed by atoms with E-state index in [-0.39, 0.29) is 11.8 Å². The highest BCUT2D eigenvalue weighted by Crippen LogP contribution is 2.33. The fraction of sp³-hybridized carbons (Fsp3) is 0.667. The Morgan fingerprint density at radius 1 is 1.50 bits per heavy atom. The molecule has 56 valence electrons. The summed E-state index contributed by atoms with van der Waals surface area (Å²) in [6, 6.07) is 0. The maximum atomic E-state index is 10.3. The summed E-state index contributed by atoms with van der Waals surface area (Å²) in [5.74, 6) is -1.40. The van der Waals surface area contributed by atoms with Crippen LogP contribution in [0.25, 0.3) is 0 Å². The SMILES string of the molecule is N=C(N)C1CCC1C(=O)O. The van der Waals surface area contributed by atoms with Crippen molar-refractivity contribution in [3.63, 3.8) is 0 Å². The Balaban J connectivity index is 2.51. The van der Waals surface area contributed by atoms with Gasteiger partial charge in [0.2, 0.25) is 0 Å². The summed E-state index contributed by atoms with van der Waals surface area (Å²) in [5.41, 5.74) is 5.15. The highest BCUT2D eigenvalue weighted by atomic mass is 16.4. The molecule has 4 heteroatoms. The summed E-state index contributed by atoms with van der Waals surface area (Å²) in [4.78, 5) is 10.3. The Labute approximate surface area is 58.5 Å². The lowest BCUT2D eigenvalue weighted by atomic mass is 9.73. The maximum Gasteiger partial charge on any atom is 0.307 e. The van der Waals surface area contributed by atoms with E-state index in [2.05, 4.69) is 0 Å². The number of nitrogens with one attached hydrogen (secondary N) is 1. The van der Waals surface area contributed by atoms with Gasteiger partial charge in [-0.15, -0.1) is 0 Å². The molecule has 0 heterocycles. The first kappa shape index (κ1) is 7.05. The summed E-state index contributed by atoms with van der Waals surface area (Å²) < 4.78 is 0. The Kier molecular flexibility index (Phi) is 1.61. The lowest BCUT2D eigenvalue weighted by Gasteiger charge is -2.31. The van der Waals surface area contributed by atoms with Gasteiger partial charge in [-0.05, 0) is 12.8 Å². The van der Waals surface area contributed by atoms with Crippen molar-refractivity contribution < 1.29 is 9.90 Å². The minimum absolute atomic E-state index is 0.0126. The highest BCUT2D eigenvalue weighted by Gasteiger charge is 2.38. The van der Waals surface area contributed by atoms with Crippen LogP contribution >= 0.6 is 0 Å². The maximum absolute atomic E-state index is 10.3. The third kappa shape index (κ3) is 0.964. The zero-order valence-corrected chi connectivity index (χ0v) is 5.50. The molecule has 1 fully saturated rings. The average Bonchev–Trinajstić information content (AvgIpc) is 1.56. The van der Waals surface area contributed by atoms with Gasteiger partial charge >= 0.3 is 5.97 Å². The van der Waals surface area contributed by atoms with Gasteiger partial charge in [0.05, 0.1) is 11.8 Å². The molecule has 1 rings (SSSR count). The molecule has 2 atom stereocenters. The normalized spacial score (nSPS) is 30.8. The van der Waals surface area contributed by atoms with Gasteiger partial charge in [-0.2, -0.15) is 0 Å². The van der Waals surface area contributed by atoms with Crippen molar-refractivity contribution in [2.45, 2.75) is 12.8 Å². The average molecular weight is 142 g/mol. The van der Waals surface area contributed by atoms with E-state index in [1.807, 2.05) is 0 Å². The van der Waals surface area contributed by atoms with Crippen LogP contribution < -0.4 is 5.73 Å². The quantitative estimate of drug-likeness (QED) is 0.375. The third-order valence-electron chi connectivity index (χ3n) is 1.99. The number of amidine groups is 1. The Hall–Kier alpha value is -1.06. The van der Waals surface area contributed by atoms with Gasteiger partial charge in [0.1, 0.15) is 0 Å². The number of rotatable bonds is 2. The highest BCUT2D eigenvalue weighted by molar-refractivity contribution is 5.86. The van der Waals surface area contributed by atoms with Crippen molar-refractivity contribution in [1.82, 2.24) is 0 Å². The minimum Gasteiger partial charge on any atom is -0.481 e. The third-order valence-corrected chi connectivity index (χ3v) is 1.99. The first-order valence-electron chi connectivity index (χ1n) is 3.19. The van der Waals surface area contributed by atoms with E-state index in [0.29, 0.717) is 6.42 Å². The summed E-state index contributed by atoms with van der Waals surface area (Å²) in [6.45, 7) is 0. The molecule has 0 aromatic carbocycles. The number of carboxylic acid groups (broad SMARTS) is 1. The second-order valence-corrected chi connectivity index (χ2v) is 2.58. The van der Waals surface area contributed by atoms with Crippen LogP contribution in [0.2, 0.25) is 0 Å². The predicted molar refractivity (Wildman–Crippen MR) is 35.8 cm³/mol. The molecule has 10 heavy (non-hydrogen) atoms. The van der Waals surface area contributed by atoms with E-state index >= 15 is 0 Å². The van der Waals surface area contributed by atoms with E-state index in [0.717, 1.165) is 6.42 Å². The minimum atomic E-state index is -0.827. The van der Waals surface area contributed by atoms with E-state index in [9.17, 15) is 4.79 Å². The van der Waals surface area contributed by atoms with Crippen LogP contribution in [0.1, 0.15) is 12.8 Å². The topological polar surface area (TPSA) is 87.2 Å². The molecule has 0 saturated heterocycles. The van der Waals surface area contributed by atoms with E-state index < -0.39 is 11.9 Å². The van der Waals surface area contributed by atoms with Crippen molar-refractivity contribution in [3.8, 4) is 0 Å². The van der Waals surface area contributed by atoms with E-state index in [1.165, 1.54) is 0 Å². The zero-order chi connectivity index (χ0) is 7.72. The second-order valence-electron chi connectivity index (χ2n) is 2.58. The van der Waals surface area contributed by atoms with Crippen molar-refractivity contribution >= 4 is 11.8 Å². The van der Waals surface area contributed by atoms with Crippen molar-refractivity contribution in [2.75, 3.05) is 0 Å². The van der Waals surface area contributed by atoms with Crippen molar-refractivity contribution in [3.05, 3.63) is 0 Å². The molecule has 1 aliphatic rings. The molecule has 1 aliphatic carbocycles. The van der Waals surface area contributed by atoms with Crippen LogP contribution in [-0.2, 0) is 4.79 Å². The first-order chi connectivity index (χ1) is 4.63. The number of carbonyl (C=O) groups is 1. The zero-order valence-electron chi connectivity index (χ0n) is 5.50. The predicted octanol–water partition coefficient (Wildman–Crippen LogP) is 0.0332. The van der Waals surface area contributed by atoms with Crippen LogP contribution in [0.5, 0.6) is 0 Å². The molecule has 0 aliphatic heterocycles. The van der Waals surface area contributed by atoms with Crippen LogP contribution in [0.3, 0.4) is 0 Å². The lowest BCUT2D eigenvalue weighted by Crippen LogP contribution is -2.41. The van der Waals surface area contributed by atoms with Crippen LogP contribution in [0, 0.1) is 17.2 Å². The second kappa shape index (κ2) is 2.28. The number of nitrogens with two attached hydrogens (primary N) is 1. The monoisotopic (exact) mass is 142 g/mol. The fourth-order valence-corrected chi connectivity index (χ4v) is 1.17. The molecule has 0 spiro atoms. The number of carboxylic acids is 1. The van der Waals surface area contributed by atoms with Gasteiger partial charge in [-0.3, -0.25) is 10.2 Å². The van der Waals surface area contributed by atoms with Gasteiger partial charge in [-0.1, -0.05) is 0 Å². The summed E-state index contributed by atoms with van der Waals surface area (Å²) in [5, 5.41) is 15.5. The fourth-order valence-electron chi connectivity index (χ4n) is 1.17. The first-order valence-corrected chi connectivity index (χ1v) is 3.19. The molecule has 1 saturated carbocycles. The number of hydrogen-bond acceptors (Lipinski definition) is 2. The summed E-state index contributed by atoms with van der Waals surface area (Å²) in [6.07, 6.45) is 1.42. The Morgan fingerprint density at radius 2 is 2.00 bits per heavy atom. The molecule has 0 aromatic rings. The van der Waals surface area contributed by atoms with E-state index in [1.54, 1.807) is 0 Å². The summed E-state index contributed by atoms with van der Waals surface area (Å²) in [7, 11) is 0. The van der Waals surface area contributed by atoms with E-state index in [4.69, 9.17) is 16.2 Å². The standard InChI is InChI=1S/C6H10N2O2/c7-5(8)3-1-2-4(3)6(9)10/h3-4H,1-2H2,(H3,7,8)(H,9,10). The molecular weight excluding hydrogens is 132 g/mol. The molecule has 4 nitrogen and oxygen atoms in total. The molecule has 2 unspecified atom stereocenters. The van der Waals surface area contributed by atoms with Crippen molar-refractivity contribution in [2.24, 2.45) is 17.6 Å². The smallest absolute Gasteiger partial charge is 0.307 e. The number of aliphatic carboxylic acids is 1. The molecule has 0 bridgehead atoms. The van der Waals surface area contributed by atoms with Gasteiger partial charge in [0, 0.05) is 5.92 Å². The van der Waals surface area contributed by atoms with Crippen LogP contribution in [-0.4, -0.2) is 16.9 Å². The Bertz CT molecular complexity index is 159.